The van der Waals surface area contributed by atoms with Gasteiger partial charge in [0, 0.05) is 5.56 Å². The summed E-state index contributed by atoms with van der Waals surface area (Å²) in [6.45, 7) is 0. The minimum Gasteiger partial charge on any atom is -0.289 e. The van der Waals surface area contributed by atoms with Gasteiger partial charge in [0.15, 0.2) is 11.2 Å². The van der Waals surface area contributed by atoms with Crippen LogP contribution in [0.25, 0.3) is 11.1 Å². The molecule has 0 aliphatic carbocycles. The third kappa shape index (κ3) is 2.86. The van der Waals surface area contributed by atoms with Crippen molar-refractivity contribution in [3.63, 3.8) is 0 Å². The van der Waals surface area contributed by atoms with Crippen LogP contribution in [0.1, 0.15) is 15.9 Å². The van der Waals surface area contributed by atoms with E-state index in [1.807, 2.05) is 42.5 Å². The minimum absolute atomic E-state index is 0.188. The highest BCUT2D eigenvalue weighted by molar-refractivity contribution is 6.08. The third-order valence-corrected chi connectivity index (χ3v) is 3.50. The molecule has 0 saturated carbocycles. The average molecular weight is 286 g/mol. The lowest BCUT2D eigenvalue weighted by Crippen LogP contribution is -2.12. The quantitative estimate of drug-likeness (QED) is 0.683. The highest BCUT2D eigenvalue weighted by Crippen LogP contribution is 2.17. The van der Waals surface area contributed by atoms with Gasteiger partial charge in [-0.1, -0.05) is 72.8 Å². The zero-order valence-corrected chi connectivity index (χ0v) is 11.9. The molecule has 3 rings (SSSR count). The van der Waals surface area contributed by atoms with Crippen LogP contribution in [-0.2, 0) is 0 Å². The fraction of sp³-hybridized carbons (Fsp3) is 0. The number of ketones is 1. The van der Waals surface area contributed by atoms with E-state index in [2.05, 4.69) is 0 Å². The second-order valence-corrected chi connectivity index (χ2v) is 4.96. The Morgan fingerprint density at radius 3 is 1.82 bits per heavy atom. The fourth-order valence-electron chi connectivity index (χ4n) is 2.32. The summed E-state index contributed by atoms with van der Waals surface area (Å²) in [5.41, 5.74) is 2.36. The van der Waals surface area contributed by atoms with Crippen LogP contribution in [0.3, 0.4) is 0 Å². The first kappa shape index (κ1) is 14.0. The van der Waals surface area contributed by atoms with E-state index in [9.17, 15) is 9.59 Å². The Morgan fingerprint density at radius 2 is 1.14 bits per heavy atom. The fourth-order valence-corrected chi connectivity index (χ4v) is 2.32. The molecule has 0 fully saturated rings. The number of benzene rings is 2. The standard InChI is InChI=1S/C20H14O2/c21-19-14-12-16(15-7-3-1-4-8-15)11-13-18(19)20(22)17-9-5-2-6-10-17/h1-14H. The molecule has 0 saturated heterocycles. The van der Waals surface area contributed by atoms with Gasteiger partial charge in [0.2, 0.25) is 0 Å². The van der Waals surface area contributed by atoms with E-state index < -0.39 is 0 Å². The van der Waals surface area contributed by atoms with Crippen molar-refractivity contribution in [3.8, 4) is 11.1 Å². The van der Waals surface area contributed by atoms with Gasteiger partial charge in [-0.2, -0.15) is 0 Å². The van der Waals surface area contributed by atoms with E-state index in [1.54, 1.807) is 36.4 Å². The monoisotopic (exact) mass is 286 g/mol. The van der Waals surface area contributed by atoms with E-state index in [0.717, 1.165) is 11.1 Å². The van der Waals surface area contributed by atoms with E-state index in [-0.39, 0.29) is 16.8 Å². The zero-order chi connectivity index (χ0) is 15.4. The van der Waals surface area contributed by atoms with Crippen molar-refractivity contribution in [2.24, 2.45) is 0 Å². The van der Waals surface area contributed by atoms with Crippen molar-refractivity contribution in [2.45, 2.75) is 0 Å². The van der Waals surface area contributed by atoms with Gasteiger partial charge in [-0.15, -0.1) is 0 Å². The Morgan fingerprint density at radius 1 is 0.591 bits per heavy atom. The maximum atomic E-state index is 12.5. The Kier molecular flexibility index (Phi) is 3.92. The molecule has 0 N–H and O–H groups in total. The lowest BCUT2D eigenvalue weighted by molar-refractivity contribution is 0.103. The van der Waals surface area contributed by atoms with E-state index in [0.29, 0.717) is 5.56 Å². The topological polar surface area (TPSA) is 34.1 Å². The molecular weight excluding hydrogens is 272 g/mol. The van der Waals surface area contributed by atoms with Crippen molar-refractivity contribution >= 4 is 5.78 Å². The van der Waals surface area contributed by atoms with Gasteiger partial charge in [-0.25, -0.2) is 0 Å². The summed E-state index contributed by atoms with van der Waals surface area (Å²) in [4.78, 5) is 24.7. The number of hydrogen-bond donors (Lipinski definition) is 0. The Labute approximate surface area is 128 Å². The van der Waals surface area contributed by atoms with Crippen LogP contribution < -0.4 is 5.43 Å². The smallest absolute Gasteiger partial charge is 0.196 e. The van der Waals surface area contributed by atoms with Gasteiger partial charge in [-0.3, -0.25) is 9.59 Å². The summed E-state index contributed by atoms with van der Waals surface area (Å²) in [6, 6.07) is 25.2. The summed E-state index contributed by atoms with van der Waals surface area (Å²) in [7, 11) is 0. The molecule has 0 aliphatic heterocycles. The second kappa shape index (κ2) is 6.19. The lowest BCUT2D eigenvalue weighted by Gasteiger charge is -1.98. The molecule has 0 spiro atoms. The molecule has 2 heteroatoms. The first-order chi connectivity index (χ1) is 10.8. The molecule has 0 amide bonds. The van der Waals surface area contributed by atoms with Crippen LogP contribution in [0.5, 0.6) is 0 Å². The van der Waals surface area contributed by atoms with Gasteiger partial charge < -0.3 is 0 Å². The van der Waals surface area contributed by atoms with Gasteiger partial charge >= 0.3 is 0 Å². The largest absolute Gasteiger partial charge is 0.289 e. The molecule has 0 aromatic heterocycles. The predicted molar refractivity (Wildman–Crippen MR) is 88.0 cm³/mol. The molecule has 106 valence electrons. The lowest BCUT2D eigenvalue weighted by atomic mass is 10.0. The van der Waals surface area contributed by atoms with Crippen molar-refractivity contribution in [3.05, 3.63) is 106 Å². The van der Waals surface area contributed by atoms with Gasteiger partial charge in [0.25, 0.3) is 0 Å². The SMILES string of the molecule is O=C(c1ccccc1)c1ccc(-c2ccccc2)ccc1=O. The van der Waals surface area contributed by atoms with Crippen molar-refractivity contribution in [1.29, 1.82) is 0 Å². The Bertz CT molecular complexity index is 853. The van der Waals surface area contributed by atoms with E-state index in [4.69, 9.17) is 0 Å². The normalized spacial score (nSPS) is 10.2. The van der Waals surface area contributed by atoms with E-state index >= 15 is 0 Å². The van der Waals surface area contributed by atoms with Crippen LogP contribution in [0.4, 0.5) is 0 Å². The molecule has 3 aromatic carbocycles. The minimum atomic E-state index is -0.268. The number of carbonyl (C=O) groups is 1. The molecule has 0 bridgehead atoms. The van der Waals surface area contributed by atoms with Crippen molar-refractivity contribution in [2.75, 3.05) is 0 Å². The number of carbonyl (C=O) groups excluding carboxylic acids is 1. The molecular formula is C20H14O2. The molecule has 0 aliphatic rings. The Hall–Kier alpha value is -3.00. The maximum Gasteiger partial charge on any atom is 0.196 e. The van der Waals surface area contributed by atoms with Crippen LogP contribution >= 0.6 is 0 Å². The summed E-state index contributed by atoms with van der Waals surface area (Å²) in [5.74, 6) is -0.249. The first-order valence-corrected chi connectivity index (χ1v) is 7.05. The van der Waals surface area contributed by atoms with Gasteiger partial charge in [0.05, 0.1) is 5.56 Å². The molecule has 2 nitrogen and oxygen atoms in total. The molecule has 0 radical (unpaired) electrons. The predicted octanol–water partition coefficient (Wildman–Crippen LogP) is 3.94. The zero-order valence-electron chi connectivity index (χ0n) is 11.9. The third-order valence-electron chi connectivity index (χ3n) is 3.50. The molecule has 0 atom stereocenters. The molecule has 3 aromatic rings. The highest BCUT2D eigenvalue weighted by atomic mass is 16.1. The van der Waals surface area contributed by atoms with Crippen LogP contribution in [0.15, 0.2) is 89.7 Å². The highest BCUT2D eigenvalue weighted by Gasteiger charge is 2.11. The molecule has 0 unspecified atom stereocenters. The number of rotatable bonds is 3. The summed E-state index contributed by atoms with van der Waals surface area (Å²) in [6.07, 6.45) is 0. The summed E-state index contributed by atoms with van der Waals surface area (Å²) < 4.78 is 0. The van der Waals surface area contributed by atoms with Gasteiger partial charge in [-0.05, 0) is 23.3 Å². The summed E-state index contributed by atoms with van der Waals surface area (Å²) in [5, 5.41) is 0. The van der Waals surface area contributed by atoms with E-state index in [1.165, 1.54) is 6.07 Å². The molecule has 0 heterocycles. The van der Waals surface area contributed by atoms with Gasteiger partial charge in [0.1, 0.15) is 0 Å². The maximum absolute atomic E-state index is 12.5. The average Bonchev–Trinajstić information content (AvgIpc) is 2.78. The second-order valence-electron chi connectivity index (χ2n) is 4.96. The van der Waals surface area contributed by atoms with Crippen LogP contribution in [-0.4, -0.2) is 5.78 Å². The van der Waals surface area contributed by atoms with Crippen molar-refractivity contribution in [1.82, 2.24) is 0 Å². The number of hydrogen-bond acceptors (Lipinski definition) is 2. The Balaban J connectivity index is 2.06. The summed E-state index contributed by atoms with van der Waals surface area (Å²) >= 11 is 0. The molecule has 22 heavy (non-hydrogen) atoms. The van der Waals surface area contributed by atoms with Crippen molar-refractivity contribution < 1.29 is 4.79 Å². The van der Waals surface area contributed by atoms with Crippen LogP contribution in [0.2, 0.25) is 0 Å². The van der Waals surface area contributed by atoms with Crippen LogP contribution in [0, 0.1) is 0 Å². The first-order valence-electron chi connectivity index (χ1n) is 7.05.